The molecule has 0 saturated heterocycles. The lowest BCUT2D eigenvalue weighted by molar-refractivity contribution is -0.386. The van der Waals surface area contributed by atoms with Crippen molar-refractivity contribution in [3.8, 4) is 0 Å². The molecule has 0 aliphatic carbocycles. The summed E-state index contributed by atoms with van der Waals surface area (Å²) in [5.74, 6) is -3.40. The van der Waals surface area contributed by atoms with Crippen LogP contribution in [0.25, 0.3) is 0 Å². The summed E-state index contributed by atoms with van der Waals surface area (Å²) in [6, 6.07) is 1.51. The van der Waals surface area contributed by atoms with E-state index in [4.69, 9.17) is 9.47 Å². The molecular formula is C14H18N2O6. The van der Waals surface area contributed by atoms with Crippen molar-refractivity contribution < 1.29 is 24.0 Å². The van der Waals surface area contributed by atoms with Crippen molar-refractivity contribution in [3.05, 3.63) is 33.1 Å². The number of esters is 2. The first-order chi connectivity index (χ1) is 10.3. The van der Waals surface area contributed by atoms with E-state index in [1.54, 1.807) is 20.8 Å². The lowest BCUT2D eigenvalue weighted by Crippen LogP contribution is -2.28. The maximum absolute atomic E-state index is 12.1. The van der Waals surface area contributed by atoms with E-state index in [9.17, 15) is 19.7 Å². The average Bonchev–Trinajstić information content (AvgIpc) is 2.38. The van der Waals surface area contributed by atoms with Crippen LogP contribution >= 0.6 is 0 Å². The van der Waals surface area contributed by atoms with E-state index >= 15 is 0 Å². The van der Waals surface area contributed by atoms with Gasteiger partial charge in [0.2, 0.25) is 5.92 Å². The lowest BCUT2D eigenvalue weighted by atomic mass is 10.0. The number of aromatic nitrogens is 1. The number of ether oxygens (including phenoxy) is 2. The molecule has 0 radical (unpaired) electrons. The van der Waals surface area contributed by atoms with Crippen LogP contribution in [-0.2, 0) is 19.1 Å². The molecule has 0 aliphatic heterocycles. The molecule has 0 aromatic carbocycles. The zero-order chi connectivity index (χ0) is 16.9. The van der Waals surface area contributed by atoms with Gasteiger partial charge < -0.3 is 9.47 Å². The minimum Gasteiger partial charge on any atom is -0.465 e. The molecular weight excluding hydrogens is 292 g/mol. The number of carbonyl (C=O) groups excluding carboxylic acids is 2. The maximum atomic E-state index is 12.1. The highest BCUT2D eigenvalue weighted by molar-refractivity contribution is 6.01. The van der Waals surface area contributed by atoms with Gasteiger partial charge in [-0.25, -0.2) is 4.98 Å². The van der Waals surface area contributed by atoms with E-state index in [0.717, 1.165) is 0 Å². The summed E-state index contributed by atoms with van der Waals surface area (Å²) in [7, 11) is 0. The SMILES string of the molecule is CCOC(=O)C(C(=O)OCC)c1nc(C)cc(C)c1[N+](=O)[O-]. The fourth-order valence-corrected chi connectivity index (χ4v) is 2.07. The Labute approximate surface area is 127 Å². The van der Waals surface area contributed by atoms with Gasteiger partial charge in [-0.15, -0.1) is 0 Å². The average molecular weight is 310 g/mol. The van der Waals surface area contributed by atoms with E-state index in [-0.39, 0.29) is 24.6 Å². The summed E-state index contributed by atoms with van der Waals surface area (Å²) < 4.78 is 9.68. The van der Waals surface area contributed by atoms with Crippen molar-refractivity contribution in [2.75, 3.05) is 13.2 Å². The number of hydrogen-bond donors (Lipinski definition) is 0. The molecule has 0 spiro atoms. The quantitative estimate of drug-likeness (QED) is 0.341. The number of pyridine rings is 1. The molecule has 1 aromatic heterocycles. The van der Waals surface area contributed by atoms with Gasteiger partial charge in [0.25, 0.3) is 5.69 Å². The van der Waals surface area contributed by atoms with Crippen LogP contribution in [-0.4, -0.2) is 35.1 Å². The molecule has 0 saturated carbocycles. The van der Waals surface area contributed by atoms with Gasteiger partial charge in [-0.1, -0.05) is 0 Å². The van der Waals surface area contributed by atoms with Crippen LogP contribution in [0.15, 0.2) is 6.07 Å². The second-order valence-electron chi connectivity index (χ2n) is 4.51. The normalized spacial score (nSPS) is 10.4. The Morgan fingerprint density at radius 2 is 1.73 bits per heavy atom. The number of nitrogens with zero attached hydrogens (tertiary/aromatic N) is 2. The van der Waals surface area contributed by atoms with Crippen LogP contribution in [0.3, 0.4) is 0 Å². The minimum atomic E-state index is -1.57. The molecule has 120 valence electrons. The Hall–Kier alpha value is -2.51. The van der Waals surface area contributed by atoms with Gasteiger partial charge in [-0.05, 0) is 33.8 Å². The first-order valence-electron chi connectivity index (χ1n) is 6.79. The summed E-state index contributed by atoms with van der Waals surface area (Å²) in [4.78, 5) is 38.8. The van der Waals surface area contributed by atoms with E-state index in [2.05, 4.69) is 4.98 Å². The Kier molecular flexibility index (Phi) is 5.97. The van der Waals surface area contributed by atoms with Crippen molar-refractivity contribution in [1.82, 2.24) is 4.98 Å². The van der Waals surface area contributed by atoms with Crippen LogP contribution in [0, 0.1) is 24.0 Å². The lowest BCUT2D eigenvalue weighted by Gasteiger charge is -2.15. The van der Waals surface area contributed by atoms with Gasteiger partial charge in [0.15, 0.2) is 0 Å². The molecule has 8 nitrogen and oxygen atoms in total. The second-order valence-corrected chi connectivity index (χ2v) is 4.51. The fraction of sp³-hybridized carbons (Fsp3) is 0.500. The largest absolute Gasteiger partial charge is 0.465 e. The number of hydrogen-bond acceptors (Lipinski definition) is 7. The molecule has 0 unspecified atom stereocenters. The molecule has 8 heteroatoms. The fourth-order valence-electron chi connectivity index (χ4n) is 2.07. The molecule has 1 aromatic rings. The van der Waals surface area contributed by atoms with Crippen LogP contribution in [0.1, 0.15) is 36.7 Å². The molecule has 0 bridgehead atoms. The van der Waals surface area contributed by atoms with E-state index in [1.165, 1.54) is 13.0 Å². The van der Waals surface area contributed by atoms with Gasteiger partial charge in [0.05, 0.1) is 18.1 Å². The minimum absolute atomic E-state index is 0.0351. The van der Waals surface area contributed by atoms with Crippen molar-refractivity contribution in [3.63, 3.8) is 0 Å². The molecule has 0 N–H and O–H groups in total. The predicted octanol–water partition coefficient (Wildman–Crippen LogP) is 1.82. The molecule has 0 fully saturated rings. The number of nitro groups is 1. The van der Waals surface area contributed by atoms with Gasteiger partial charge in [0, 0.05) is 11.3 Å². The Balaban J connectivity index is 3.50. The molecule has 22 heavy (non-hydrogen) atoms. The predicted molar refractivity (Wildman–Crippen MR) is 76.4 cm³/mol. The summed E-state index contributed by atoms with van der Waals surface area (Å²) in [6.07, 6.45) is 0. The molecule has 1 rings (SSSR count). The highest BCUT2D eigenvalue weighted by Crippen LogP contribution is 2.30. The maximum Gasteiger partial charge on any atom is 0.326 e. The number of carbonyl (C=O) groups is 2. The molecule has 1 heterocycles. The highest BCUT2D eigenvalue weighted by Gasteiger charge is 2.39. The summed E-state index contributed by atoms with van der Waals surface area (Å²) >= 11 is 0. The number of aryl methyl sites for hydroxylation is 2. The smallest absolute Gasteiger partial charge is 0.326 e. The van der Waals surface area contributed by atoms with Crippen LogP contribution < -0.4 is 0 Å². The van der Waals surface area contributed by atoms with E-state index in [0.29, 0.717) is 11.3 Å². The monoisotopic (exact) mass is 310 g/mol. The third kappa shape index (κ3) is 3.78. The van der Waals surface area contributed by atoms with Crippen LogP contribution in [0.5, 0.6) is 0 Å². The van der Waals surface area contributed by atoms with E-state index < -0.39 is 22.8 Å². The summed E-state index contributed by atoms with van der Waals surface area (Å²) in [5, 5.41) is 11.3. The number of rotatable bonds is 6. The highest BCUT2D eigenvalue weighted by atomic mass is 16.6. The second kappa shape index (κ2) is 7.48. The Bertz CT molecular complexity index is 581. The van der Waals surface area contributed by atoms with Crippen molar-refractivity contribution >= 4 is 17.6 Å². The van der Waals surface area contributed by atoms with Crippen LogP contribution in [0.4, 0.5) is 5.69 Å². The van der Waals surface area contributed by atoms with Crippen molar-refractivity contribution in [2.24, 2.45) is 0 Å². The zero-order valence-corrected chi connectivity index (χ0v) is 12.9. The van der Waals surface area contributed by atoms with Gasteiger partial charge >= 0.3 is 11.9 Å². The van der Waals surface area contributed by atoms with Gasteiger partial charge in [-0.2, -0.15) is 0 Å². The summed E-state index contributed by atoms with van der Waals surface area (Å²) in [5.41, 5.74) is 0.138. The first-order valence-corrected chi connectivity index (χ1v) is 6.79. The summed E-state index contributed by atoms with van der Waals surface area (Å²) in [6.45, 7) is 6.35. The topological polar surface area (TPSA) is 109 Å². The third-order valence-electron chi connectivity index (χ3n) is 2.84. The molecule has 0 atom stereocenters. The Morgan fingerprint density at radius 3 is 2.14 bits per heavy atom. The van der Waals surface area contributed by atoms with E-state index in [1.807, 2.05) is 0 Å². The van der Waals surface area contributed by atoms with Crippen LogP contribution in [0.2, 0.25) is 0 Å². The third-order valence-corrected chi connectivity index (χ3v) is 2.84. The standard InChI is InChI=1S/C14H18N2O6/c1-5-21-13(17)10(14(18)22-6-2)11-12(16(19)20)8(3)7-9(4)15-11/h7,10H,5-6H2,1-4H3. The Morgan fingerprint density at radius 1 is 1.23 bits per heavy atom. The van der Waals surface area contributed by atoms with Crippen molar-refractivity contribution in [1.29, 1.82) is 0 Å². The zero-order valence-electron chi connectivity index (χ0n) is 12.9. The molecule has 0 aliphatic rings. The molecule has 0 amide bonds. The van der Waals surface area contributed by atoms with Crippen molar-refractivity contribution in [2.45, 2.75) is 33.6 Å². The van der Waals surface area contributed by atoms with Gasteiger partial charge in [0.1, 0.15) is 5.69 Å². The first kappa shape index (κ1) is 17.5. The van der Waals surface area contributed by atoms with Gasteiger partial charge in [-0.3, -0.25) is 19.7 Å².